The number of nitrogens with zero attached hydrogens (tertiary/aromatic N) is 4. The Morgan fingerprint density at radius 2 is 1.60 bits per heavy atom. The Morgan fingerprint density at radius 1 is 0.967 bits per heavy atom. The summed E-state index contributed by atoms with van der Waals surface area (Å²) in [4.78, 5) is 4.88. The minimum Gasteiger partial charge on any atom is -0.357 e. The third-order valence-electron chi connectivity index (χ3n) is 4.84. The topological polar surface area (TPSA) is 67.1 Å². The van der Waals surface area contributed by atoms with Crippen molar-refractivity contribution in [3.05, 3.63) is 83.9 Å². The summed E-state index contributed by atoms with van der Waals surface area (Å²) in [6, 6.07) is 21.1. The second-order valence-electron chi connectivity index (χ2n) is 6.81. The maximum absolute atomic E-state index is 4.88. The summed E-state index contributed by atoms with van der Waals surface area (Å²) in [6.07, 6.45) is 2.66. The van der Waals surface area contributed by atoms with Crippen LogP contribution in [0.3, 0.4) is 0 Å². The Labute approximate surface area is 196 Å². The molecule has 7 heteroatoms. The molecule has 0 aliphatic heterocycles. The van der Waals surface area contributed by atoms with Gasteiger partial charge in [0.05, 0.1) is 6.54 Å². The van der Waals surface area contributed by atoms with Gasteiger partial charge in [-0.1, -0.05) is 67.6 Å². The molecule has 0 spiro atoms. The van der Waals surface area contributed by atoms with Gasteiger partial charge >= 0.3 is 0 Å². The highest BCUT2D eigenvalue weighted by Crippen LogP contribution is 2.24. The number of rotatable bonds is 9. The number of halogens is 1. The molecule has 1 aromatic heterocycles. The molecule has 3 aromatic rings. The summed E-state index contributed by atoms with van der Waals surface area (Å²) in [5, 5.41) is 14.9. The molecule has 6 nitrogen and oxygen atoms in total. The van der Waals surface area contributed by atoms with E-state index in [0.717, 1.165) is 37.8 Å². The zero-order valence-electron chi connectivity index (χ0n) is 17.7. The van der Waals surface area contributed by atoms with Crippen LogP contribution < -0.4 is 10.6 Å². The number of nitrogens with one attached hydrogen (secondary N) is 2. The molecule has 0 saturated carbocycles. The molecule has 3 rings (SSSR count). The van der Waals surface area contributed by atoms with Crippen LogP contribution in [0, 0.1) is 0 Å². The highest BCUT2D eigenvalue weighted by atomic mass is 127. The van der Waals surface area contributed by atoms with Crippen molar-refractivity contribution in [3.63, 3.8) is 0 Å². The number of aliphatic imine (C=N–C) groups is 1. The van der Waals surface area contributed by atoms with Crippen LogP contribution in [0.4, 0.5) is 0 Å². The van der Waals surface area contributed by atoms with Gasteiger partial charge in [0, 0.05) is 32.0 Å². The molecule has 2 N–H and O–H groups in total. The van der Waals surface area contributed by atoms with Crippen molar-refractivity contribution in [1.82, 2.24) is 25.4 Å². The van der Waals surface area contributed by atoms with Crippen molar-refractivity contribution in [2.75, 3.05) is 19.6 Å². The predicted molar refractivity (Wildman–Crippen MR) is 134 cm³/mol. The SMILES string of the molecule is CCNC(=NCC(c1ccccc1)c1ccccc1)NCCn1cnnc1CC.I. The summed E-state index contributed by atoms with van der Waals surface area (Å²) in [5.41, 5.74) is 2.55. The van der Waals surface area contributed by atoms with E-state index >= 15 is 0 Å². The summed E-state index contributed by atoms with van der Waals surface area (Å²) in [5.74, 6) is 2.05. The Kier molecular flexibility index (Phi) is 10.3. The van der Waals surface area contributed by atoms with E-state index in [1.165, 1.54) is 11.1 Å². The highest BCUT2D eigenvalue weighted by Gasteiger charge is 2.13. The van der Waals surface area contributed by atoms with Crippen molar-refractivity contribution in [2.45, 2.75) is 32.7 Å². The maximum Gasteiger partial charge on any atom is 0.191 e. The molecule has 0 atom stereocenters. The van der Waals surface area contributed by atoms with E-state index in [-0.39, 0.29) is 29.9 Å². The fraction of sp³-hybridized carbons (Fsp3) is 0.348. The lowest BCUT2D eigenvalue weighted by Gasteiger charge is -2.18. The van der Waals surface area contributed by atoms with Crippen LogP contribution in [0.5, 0.6) is 0 Å². The van der Waals surface area contributed by atoms with Gasteiger partial charge in [0.2, 0.25) is 0 Å². The average molecular weight is 518 g/mol. The molecular formula is C23H31IN6. The van der Waals surface area contributed by atoms with E-state index in [1.54, 1.807) is 6.33 Å². The third-order valence-corrected chi connectivity index (χ3v) is 4.84. The number of hydrogen-bond donors (Lipinski definition) is 2. The lowest BCUT2D eigenvalue weighted by Crippen LogP contribution is -2.39. The molecule has 0 aliphatic rings. The van der Waals surface area contributed by atoms with Crippen LogP contribution in [0.1, 0.15) is 36.7 Å². The van der Waals surface area contributed by atoms with Crippen molar-refractivity contribution < 1.29 is 0 Å². The van der Waals surface area contributed by atoms with E-state index in [1.807, 2.05) is 0 Å². The zero-order chi connectivity index (χ0) is 20.3. The van der Waals surface area contributed by atoms with Crippen LogP contribution in [-0.2, 0) is 13.0 Å². The fourth-order valence-electron chi connectivity index (χ4n) is 3.33. The van der Waals surface area contributed by atoms with Crippen LogP contribution >= 0.6 is 24.0 Å². The lowest BCUT2D eigenvalue weighted by molar-refractivity contribution is 0.632. The molecule has 30 heavy (non-hydrogen) atoms. The second-order valence-corrected chi connectivity index (χ2v) is 6.81. The van der Waals surface area contributed by atoms with Gasteiger partial charge in [0.1, 0.15) is 12.2 Å². The van der Waals surface area contributed by atoms with Gasteiger partial charge in [-0.2, -0.15) is 0 Å². The second kappa shape index (κ2) is 13.0. The number of aryl methyl sites for hydroxylation is 1. The first-order valence-electron chi connectivity index (χ1n) is 10.3. The van der Waals surface area contributed by atoms with Crippen LogP contribution in [0.2, 0.25) is 0 Å². The lowest BCUT2D eigenvalue weighted by atomic mass is 9.91. The predicted octanol–water partition coefficient (Wildman–Crippen LogP) is 3.85. The molecule has 1 heterocycles. The van der Waals surface area contributed by atoms with Gasteiger partial charge < -0.3 is 15.2 Å². The van der Waals surface area contributed by atoms with Crippen LogP contribution in [0.25, 0.3) is 0 Å². The highest BCUT2D eigenvalue weighted by molar-refractivity contribution is 14.0. The monoisotopic (exact) mass is 518 g/mol. The molecule has 0 saturated heterocycles. The Morgan fingerprint density at radius 3 is 2.17 bits per heavy atom. The Balaban J connectivity index is 0.00000320. The first-order valence-corrected chi connectivity index (χ1v) is 10.3. The minimum absolute atomic E-state index is 0. The average Bonchev–Trinajstić information content (AvgIpc) is 3.23. The molecule has 0 unspecified atom stereocenters. The first kappa shape index (κ1) is 23.9. The van der Waals surface area contributed by atoms with Gasteiger partial charge in [-0.3, -0.25) is 4.99 Å². The normalized spacial score (nSPS) is 11.2. The van der Waals surface area contributed by atoms with E-state index in [4.69, 9.17) is 4.99 Å². The Bertz CT molecular complexity index is 839. The molecular weight excluding hydrogens is 487 g/mol. The summed E-state index contributed by atoms with van der Waals surface area (Å²) < 4.78 is 2.08. The smallest absolute Gasteiger partial charge is 0.191 e. The van der Waals surface area contributed by atoms with Crippen LogP contribution in [-0.4, -0.2) is 40.4 Å². The van der Waals surface area contributed by atoms with Crippen molar-refractivity contribution in [2.24, 2.45) is 4.99 Å². The van der Waals surface area contributed by atoms with E-state index in [2.05, 4.69) is 99.9 Å². The van der Waals surface area contributed by atoms with Gasteiger partial charge in [-0.05, 0) is 18.1 Å². The number of aromatic nitrogens is 3. The van der Waals surface area contributed by atoms with Gasteiger partial charge in [0.15, 0.2) is 5.96 Å². The van der Waals surface area contributed by atoms with E-state index < -0.39 is 0 Å². The summed E-state index contributed by atoms with van der Waals surface area (Å²) in [7, 11) is 0. The third kappa shape index (κ3) is 6.83. The number of hydrogen-bond acceptors (Lipinski definition) is 3. The van der Waals surface area contributed by atoms with Gasteiger partial charge in [-0.15, -0.1) is 34.2 Å². The van der Waals surface area contributed by atoms with Crippen LogP contribution in [0.15, 0.2) is 72.0 Å². The standard InChI is InChI=1S/C23H30N6.HI/c1-3-22-28-27-18-29(22)16-15-25-23(24-4-2)26-17-21(19-11-7-5-8-12-19)20-13-9-6-10-14-20;/h5-14,18,21H,3-4,15-17H2,1-2H3,(H2,24,25,26);1H. The molecule has 0 bridgehead atoms. The molecule has 0 radical (unpaired) electrons. The minimum atomic E-state index is 0. The zero-order valence-corrected chi connectivity index (χ0v) is 20.0. The fourth-order valence-corrected chi connectivity index (χ4v) is 3.33. The molecule has 2 aromatic carbocycles. The van der Waals surface area contributed by atoms with Gasteiger partial charge in [-0.25, -0.2) is 0 Å². The van der Waals surface area contributed by atoms with Crippen molar-refractivity contribution >= 4 is 29.9 Å². The summed E-state index contributed by atoms with van der Waals surface area (Å²) >= 11 is 0. The summed E-state index contributed by atoms with van der Waals surface area (Å²) in [6.45, 7) is 7.24. The Hall–Kier alpha value is -2.42. The largest absolute Gasteiger partial charge is 0.357 e. The van der Waals surface area contributed by atoms with Gasteiger partial charge in [0.25, 0.3) is 0 Å². The maximum atomic E-state index is 4.88. The molecule has 160 valence electrons. The van der Waals surface area contributed by atoms with Crippen molar-refractivity contribution in [1.29, 1.82) is 0 Å². The molecule has 0 aliphatic carbocycles. The molecule has 0 fully saturated rings. The van der Waals surface area contributed by atoms with E-state index in [0.29, 0.717) is 6.54 Å². The van der Waals surface area contributed by atoms with E-state index in [9.17, 15) is 0 Å². The number of benzene rings is 2. The molecule has 0 amide bonds. The number of guanidine groups is 1. The first-order chi connectivity index (χ1) is 14.3. The van der Waals surface area contributed by atoms with Crippen molar-refractivity contribution in [3.8, 4) is 0 Å². The quantitative estimate of drug-likeness (QED) is 0.257.